The first-order chi connectivity index (χ1) is 10.0. The summed E-state index contributed by atoms with van der Waals surface area (Å²) in [4.78, 5) is 12.2. The molecule has 1 aromatic rings. The predicted octanol–water partition coefficient (Wildman–Crippen LogP) is 3.71. The van der Waals surface area contributed by atoms with E-state index in [-0.39, 0.29) is 12.0 Å². The molecule has 0 saturated carbocycles. The van der Waals surface area contributed by atoms with Gasteiger partial charge in [-0.25, -0.2) is 0 Å². The second kappa shape index (κ2) is 9.64. The average molecular weight is 313 g/mol. The molecule has 5 heteroatoms. The Morgan fingerprint density at radius 1 is 1.33 bits per heavy atom. The third-order valence-electron chi connectivity index (χ3n) is 2.90. The van der Waals surface area contributed by atoms with Crippen molar-refractivity contribution in [2.75, 3.05) is 25.0 Å². The molecule has 0 atom stereocenters. The molecule has 1 aromatic carbocycles. The van der Waals surface area contributed by atoms with Crippen LogP contribution in [0.1, 0.15) is 44.0 Å². The van der Waals surface area contributed by atoms with Crippen LogP contribution in [0.3, 0.4) is 0 Å². The molecule has 2 N–H and O–H groups in total. The molecule has 0 heterocycles. The highest BCUT2D eigenvalue weighted by molar-refractivity contribution is 6.31. The number of hydrogen-bond acceptors (Lipinski definition) is 3. The van der Waals surface area contributed by atoms with E-state index in [1.54, 1.807) is 12.1 Å². The summed E-state index contributed by atoms with van der Waals surface area (Å²) in [5.74, 6) is -0.0989. The van der Waals surface area contributed by atoms with Crippen LogP contribution in [0.4, 0.5) is 5.69 Å². The second-order valence-corrected chi connectivity index (χ2v) is 5.54. The Kier molecular flexibility index (Phi) is 8.16. The van der Waals surface area contributed by atoms with Crippen molar-refractivity contribution in [3.8, 4) is 0 Å². The van der Waals surface area contributed by atoms with Gasteiger partial charge in [0, 0.05) is 30.4 Å². The molecular formula is C16H25ClN2O2. The SMILES string of the molecule is CCNc1ccc(Cl)cc1C(=O)NCCCCOC(C)C. The Balaban J connectivity index is 2.42. The van der Waals surface area contributed by atoms with Crippen LogP contribution in [-0.4, -0.2) is 31.7 Å². The van der Waals surface area contributed by atoms with Crippen molar-refractivity contribution in [1.29, 1.82) is 0 Å². The van der Waals surface area contributed by atoms with Crippen molar-refractivity contribution < 1.29 is 9.53 Å². The lowest BCUT2D eigenvalue weighted by molar-refractivity contribution is 0.0754. The molecule has 0 radical (unpaired) electrons. The molecule has 21 heavy (non-hydrogen) atoms. The molecule has 1 rings (SSSR count). The maximum absolute atomic E-state index is 12.2. The molecule has 0 saturated heterocycles. The van der Waals surface area contributed by atoms with Crippen LogP contribution in [0.2, 0.25) is 5.02 Å². The highest BCUT2D eigenvalue weighted by Crippen LogP contribution is 2.20. The quantitative estimate of drug-likeness (QED) is 0.683. The minimum Gasteiger partial charge on any atom is -0.385 e. The number of halogens is 1. The molecule has 0 aliphatic carbocycles. The lowest BCUT2D eigenvalue weighted by atomic mass is 10.1. The number of ether oxygens (including phenoxy) is 1. The van der Waals surface area contributed by atoms with Gasteiger partial charge < -0.3 is 15.4 Å². The van der Waals surface area contributed by atoms with Gasteiger partial charge in [0.15, 0.2) is 0 Å². The Labute approximate surface area is 132 Å². The largest absolute Gasteiger partial charge is 0.385 e. The maximum atomic E-state index is 12.2. The van der Waals surface area contributed by atoms with Gasteiger partial charge in [0.2, 0.25) is 0 Å². The van der Waals surface area contributed by atoms with Crippen LogP contribution < -0.4 is 10.6 Å². The van der Waals surface area contributed by atoms with Crippen LogP contribution in [-0.2, 0) is 4.74 Å². The van der Waals surface area contributed by atoms with Gasteiger partial charge in [-0.2, -0.15) is 0 Å². The van der Waals surface area contributed by atoms with Crippen molar-refractivity contribution in [3.05, 3.63) is 28.8 Å². The number of amides is 1. The van der Waals surface area contributed by atoms with Gasteiger partial charge in [-0.1, -0.05) is 11.6 Å². The van der Waals surface area contributed by atoms with Gasteiger partial charge in [-0.15, -0.1) is 0 Å². The summed E-state index contributed by atoms with van der Waals surface area (Å²) in [7, 11) is 0. The predicted molar refractivity (Wildman–Crippen MR) is 88.3 cm³/mol. The monoisotopic (exact) mass is 312 g/mol. The summed E-state index contributed by atoms with van der Waals surface area (Å²) < 4.78 is 5.46. The van der Waals surface area contributed by atoms with Crippen LogP contribution >= 0.6 is 11.6 Å². The summed E-state index contributed by atoms with van der Waals surface area (Å²) in [5.41, 5.74) is 1.39. The summed E-state index contributed by atoms with van der Waals surface area (Å²) >= 11 is 5.97. The average Bonchev–Trinajstić information content (AvgIpc) is 2.44. The highest BCUT2D eigenvalue weighted by Gasteiger charge is 2.11. The smallest absolute Gasteiger partial charge is 0.253 e. The van der Waals surface area contributed by atoms with Crippen LogP contribution in [0.5, 0.6) is 0 Å². The molecule has 0 fully saturated rings. The van der Waals surface area contributed by atoms with E-state index >= 15 is 0 Å². The van der Waals surface area contributed by atoms with E-state index in [0.29, 0.717) is 17.1 Å². The molecule has 0 bridgehead atoms. The first-order valence-electron chi connectivity index (χ1n) is 7.47. The number of carbonyl (C=O) groups excluding carboxylic acids is 1. The van der Waals surface area contributed by atoms with Gasteiger partial charge in [-0.05, 0) is 51.8 Å². The molecule has 0 aliphatic rings. The molecule has 1 amide bonds. The Morgan fingerprint density at radius 2 is 2.10 bits per heavy atom. The molecule has 0 aromatic heterocycles. The molecule has 0 spiro atoms. The van der Waals surface area contributed by atoms with E-state index in [1.807, 2.05) is 26.8 Å². The molecule has 0 aliphatic heterocycles. The zero-order valence-corrected chi connectivity index (χ0v) is 13.8. The fraction of sp³-hybridized carbons (Fsp3) is 0.562. The van der Waals surface area contributed by atoms with Crippen LogP contribution in [0, 0.1) is 0 Å². The summed E-state index contributed by atoms with van der Waals surface area (Å²) in [6, 6.07) is 5.30. The molecule has 4 nitrogen and oxygen atoms in total. The van der Waals surface area contributed by atoms with Gasteiger partial charge in [0.1, 0.15) is 0 Å². The van der Waals surface area contributed by atoms with Crippen molar-refractivity contribution in [2.24, 2.45) is 0 Å². The first kappa shape index (κ1) is 17.8. The maximum Gasteiger partial charge on any atom is 0.253 e. The number of unbranched alkanes of at least 4 members (excludes halogenated alkanes) is 1. The number of hydrogen-bond donors (Lipinski definition) is 2. The lowest BCUT2D eigenvalue weighted by Gasteiger charge is -2.12. The van der Waals surface area contributed by atoms with Gasteiger partial charge in [0.25, 0.3) is 5.91 Å². The van der Waals surface area contributed by atoms with Gasteiger partial charge in [-0.3, -0.25) is 4.79 Å². The Hall–Kier alpha value is -1.26. The number of anilines is 1. The fourth-order valence-corrected chi connectivity index (χ4v) is 2.06. The van der Waals surface area contributed by atoms with Gasteiger partial charge in [0.05, 0.1) is 11.7 Å². The number of nitrogens with one attached hydrogen (secondary N) is 2. The second-order valence-electron chi connectivity index (χ2n) is 5.10. The minimum atomic E-state index is -0.0989. The third-order valence-corrected chi connectivity index (χ3v) is 3.14. The third kappa shape index (κ3) is 6.82. The van der Waals surface area contributed by atoms with Crippen molar-refractivity contribution in [1.82, 2.24) is 5.32 Å². The van der Waals surface area contributed by atoms with Crippen LogP contribution in [0.15, 0.2) is 18.2 Å². The van der Waals surface area contributed by atoms with Crippen LogP contribution in [0.25, 0.3) is 0 Å². The summed E-state index contributed by atoms with van der Waals surface area (Å²) in [6.45, 7) is 8.15. The minimum absolute atomic E-state index is 0.0989. The zero-order chi connectivity index (χ0) is 15.7. The Bertz CT molecular complexity index is 450. The van der Waals surface area contributed by atoms with Crippen molar-refractivity contribution >= 4 is 23.2 Å². The fourth-order valence-electron chi connectivity index (χ4n) is 1.89. The van der Waals surface area contributed by atoms with Crippen molar-refractivity contribution in [2.45, 2.75) is 39.7 Å². The first-order valence-corrected chi connectivity index (χ1v) is 7.85. The van der Waals surface area contributed by atoms with Gasteiger partial charge >= 0.3 is 0 Å². The normalized spacial score (nSPS) is 10.7. The molecule has 118 valence electrons. The zero-order valence-electron chi connectivity index (χ0n) is 13.0. The number of rotatable bonds is 9. The number of benzene rings is 1. The van der Waals surface area contributed by atoms with E-state index in [4.69, 9.17) is 16.3 Å². The van der Waals surface area contributed by atoms with E-state index < -0.39 is 0 Å². The van der Waals surface area contributed by atoms with E-state index in [1.165, 1.54) is 0 Å². The van der Waals surface area contributed by atoms with E-state index in [0.717, 1.165) is 31.7 Å². The topological polar surface area (TPSA) is 50.4 Å². The highest BCUT2D eigenvalue weighted by atomic mass is 35.5. The van der Waals surface area contributed by atoms with E-state index in [9.17, 15) is 4.79 Å². The summed E-state index contributed by atoms with van der Waals surface area (Å²) in [6.07, 6.45) is 2.10. The Morgan fingerprint density at radius 3 is 2.76 bits per heavy atom. The lowest BCUT2D eigenvalue weighted by Crippen LogP contribution is -2.25. The standard InChI is InChI=1S/C16H25ClN2O2/c1-4-18-15-8-7-13(17)11-14(15)16(20)19-9-5-6-10-21-12(2)3/h7-8,11-12,18H,4-6,9-10H2,1-3H3,(H,19,20). The molecular weight excluding hydrogens is 288 g/mol. The summed E-state index contributed by atoms with van der Waals surface area (Å²) in [5, 5.41) is 6.65. The van der Waals surface area contributed by atoms with E-state index in [2.05, 4.69) is 10.6 Å². The van der Waals surface area contributed by atoms with Crippen molar-refractivity contribution in [3.63, 3.8) is 0 Å². The molecule has 0 unspecified atom stereocenters. The number of carbonyl (C=O) groups is 1.